The van der Waals surface area contributed by atoms with E-state index in [2.05, 4.69) is 0 Å². The fourth-order valence-corrected chi connectivity index (χ4v) is 5.06. The van der Waals surface area contributed by atoms with E-state index in [0.29, 0.717) is 12.8 Å². The summed E-state index contributed by atoms with van der Waals surface area (Å²) in [5.41, 5.74) is -2.82. The number of hydrogen-bond acceptors (Lipinski definition) is 7. The number of carbonyl (C=O) groups is 3. The Balaban J connectivity index is 0.00000136. The van der Waals surface area contributed by atoms with Gasteiger partial charge in [0.25, 0.3) is 0 Å². The highest BCUT2D eigenvalue weighted by atomic mass is 32.2. The third-order valence-electron chi connectivity index (χ3n) is 5.43. The number of esters is 2. The molecule has 2 aliphatic carbocycles. The van der Waals surface area contributed by atoms with Crippen LogP contribution in [-0.4, -0.2) is 44.2 Å². The molecule has 2 saturated carbocycles. The van der Waals surface area contributed by atoms with Crippen LogP contribution >= 0.6 is 0 Å². The van der Waals surface area contributed by atoms with Crippen molar-refractivity contribution in [3.05, 3.63) is 0 Å². The van der Waals surface area contributed by atoms with Gasteiger partial charge >= 0.3 is 11.9 Å². The number of amides is 1. The first-order chi connectivity index (χ1) is 12.7. The average Bonchev–Trinajstić information content (AvgIpc) is 2.67. The first-order valence-electron chi connectivity index (χ1n) is 9.70. The van der Waals surface area contributed by atoms with Gasteiger partial charge in [-0.05, 0) is 33.6 Å². The summed E-state index contributed by atoms with van der Waals surface area (Å²) in [5.74, 6) is -2.05. The van der Waals surface area contributed by atoms with Gasteiger partial charge in [-0.1, -0.05) is 13.8 Å². The van der Waals surface area contributed by atoms with Crippen molar-refractivity contribution in [1.29, 1.82) is 0 Å². The van der Waals surface area contributed by atoms with E-state index in [1.807, 2.05) is 18.6 Å². The standard InChI is InChI=1S/C17H25NO7S.C2H6/c1-15(2,3)14(21)25-17-6-10-5-16(9-17,13(20)18-26(4,22)23)7-11(8-17)24-12(10)19;1-2/h10-11H,5-9H2,1-4H3,(H,18,20);1-2H3. The number of sulfonamides is 1. The Morgan fingerprint density at radius 1 is 1.14 bits per heavy atom. The smallest absolute Gasteiger partial charge is 0.311 e. The molecule has 4 aliphatic rings. The monoisotopic (exact) mass is 417 g/mol. The first kappa shape index (κ1) is 22.6. The fourth-order valence-electron chi connectivity index (χ4n) is 4.51. The first-order valence-corrected chi connectivity index (χ1v) is 11.6. The lowest BCUT2D eigenvalue weighted by molar-refractivity contribution is -0.192. The van der Waals surface area contributed by atoms with Crippen molar-refractivity contribution in [2.75, 3.05) is 6.26 Å². The number of fused-ring (bicyclic) bond motifs is 1. The highest BCUT2D eigenvalue weighted by molar-refractivity contribution is 7.89. The van der Waals surface area contributed by atoms with Crippen molar-refractivity contribution in [3.63, 3.8) is 0 Å². The molecule has 4 fully saturated rings. The minimum absolute atomic E-state index is 0.201. The molecular formula is C19H31NO7S. The minimum atomic E-state index is -3.74. The molecule has 9 heteroatoms. The van der Waals surface area contributed by atoms with Gasteiger partial charge < -0.3 is 9.47 Å². The van der Waals surface area contributed by atoms with E-state index in [1.54, 1.807) is 20.8 Å². The highest BCUT2D eigenvalue weighted by Crippen LogP contribution is 2.58. The number of ether oxygens (including phenoxy) is 2. The molecule has 4 bridgehead atoms. The van der Waals surface area contributed by atoms with Crippen LogP contribution in [0.4, 0.5) is 0 Å². The van der Waals surface area contributed by atoms with Crippen LogP contribution in [0, 0.1) is 16.7 Å². The Bertz CT molecular complexity index is 770. The molecule has 0 aromatic rings. The van der Waals surface area contributed by atoms with Gasteiger partial charge in [-0.3, -0.25) is 19.1 Å². The molecule has 28 heavy (non-hydrogen) atoms. The molecule has 1 N–H and O–H groups in total. The topological polar surface area (TPSA) is 116 Å². The van der Waals surface area contributed by atoms with Crippen LogP contribution in [0.5, 0.6) is 0 Å². The Morgan fingerprint density at radius 2 is 1.75 bits per heavy atom. The van der Waals surface area contributed by atoms with Crippen molar-refractivity contribution < 1.29 is 32.3 Å². The summed E-state index contributed by atoms with van der Waals surface area (Å²) < 4.78 is 36.5. The second-order valence-corrected chi connectivity index (χ2v) is 10.8. The molecule has 2 aliphatic heterocycles. The molecule has 4 atom stereocenters. The van der Waals surface area contributed by atoms with Gasteiger partial charge in [0.1, 0.15) is 11.7 Å². The molecule has 0 aromatic carbocycles. The SMILES string of the molecule is CC.CC(C)(C)C(=O)OC12CC3CC(C(=O)NS(C)(=O)=O)(CC(C1)C(=O)O3)C2. The molecule has 0 aromatic heterocycles. The molecule has 1 amide bonds. The van der Waals surface area contributed by atoms with Gasteiger partial charge in [0.2, 0.25) is 15.9 Å². The number of nitrogens with one attached hydrogen (secondary N) is 1. The van der Waals surface area contributed by atoms with E-state index in [0.717, 1.165) is 6.26 Å². The maximum absolute atomic E-state index is 12.8. The molecule has 4 rings (SSSR count). The van der Waals surface area contributed by atoms with Crippen molar-refractivity contribution in [3.8, 4) is 0 Å². The molecule has 0 radical (unpaired) electrons. The maximum Gasteiger partial charge on any atom is 0.311 e. The summed E-state index contributed by atoms with van der Waals surface area (Å²) in [6.07, 6.45) is 1.64. The predicted molar refractivity (Wildman–Crippen MR) is 102 cm³/mol. The number of hydrogen-bond donors (Lipinski definition) is 1. The van der Waals surface area contributed by atoms with E-state index in [9.17, 15) is 22.8 Å². The summed E-state index contributed by atoms with van der Waals surface area (Å²) in [4.78, 5) is 37.6. The molecule has 2 saturated heterocycles. The largest absolute Gasteiger partial charge is 0.462 e. The lowest BCUT2D eigenvalue weighted by Crippen LogP contribution is -2.59. The predicted octanol–water partition coefficient (Wildman–Crippen LogP) is 1.92. The Hall–Kier alpha value is -1.64. The summed E-state index contributed by atoms with van der Waals surface area (Å²) >= 11 is 0. The lowest BCUT2D eigenvalue weighted by Gasteiger charge is -2.51. The van der Waals surface area contributed by atoms with Gasteiger partial charge in [0.05, 0.1) is 23.0 Å². The molecule has 0 spiro atoms. The average molecular weight is 418 g/mol. The molecule has 2 heterocycles. The van der Waals surface area contributed by atoms with E-state index in [1.165, 1.54) is 0 Å². The van der Waals surface area contributed by atoms with Gasteiger partial charge in [0, 0.05) is 19.3 Å². The zero-order valence-corrected chi connectivity index (χ0v) is 18.3. The molecule has 160 valence electrons. The van der Waals surface area contributed by atoms with Gasteiger partial charge in [-0.25, -0.2) is 8.42 Å². The quantitative estimate of drug-likeness (QED) is 0.697. The van der Waals surface area contributed by atoms with Crippen LogP contribution in [0.2, 0.25) is 0 Å². The zero-order chi connectivity index (χ0) is 21.5. The van der Waals surface area contributed by atoms with Crippen LogP contribution in [0.15, 0.2) is 0 Å². The van der Waals surface area contributed by atoms with Crippen molar-refractivity contribution in [2.45, 2.75) is 78.4 Å². The highest BCUT2D eigenvalue weighted by Gasteiger charge is 2.64. The lowest BCUT2D eigenvalue weighted by atomic mass is 9.56. The zero-order valence-electron chi connectivity index (χ0n) is 17.5. The Kier molecular flexibility index (Phi) is 5.92. The Labute approximate surface area is 166 Å². The van der Waals surface area contributed by atoms with Crippen molar-refractivity contribution >= 4 is 27.9 Å². The minimum Gasteiger partial charge on any atom is -0.462 e. The van der Waals surface area contributed by atoms with E-state index in [4.69, 9.17) is 9.47 Å². The van der Waals surface area contributed by atoms with Gasteiger partial charge in [-0.15, -0.1) is 0 Å². The summed E-state index contributed by atoms with van der Waals surface area (Å²) in [6.45, 7) is 9.20. The van der Waals surface area contributed by atoms with Crippen LogP contribution < -0.4 is 4.72 Å². The van der Waals surface area contributed by atoms with Crippen molar-refractivity contribution in [1.82, 2.24) is 4.72 Å². The normalized spacial score (nSPS) is 33.9. The van der Waals surface area contributed by atoms with Crippen LogP contribution in [-0.2, 0) is 33.9 Å². The third kappa shape index (κ3) is 4.50. The van der Waals surface area contributed by atoms with Crippen molar-refractivity contribution in [2.24, 2.45) is 16.7 Å². The molecule has 4 unspecified atom stereocenters. The van der Waals surface area contributed by atoms with Crippen LogP contribution in [0.1, 0.15) is 66.7 Å². The molecular weight excluding hydrogens is 386 g/mol. The second-order valence-electron chi connectivity index (χ2n) is 9.06. The number of carbonyl (C=O) groups excluding carboxylic acids is 3. The summed E-state index contributed by atoms with van der Waals surface area (Å²) in [7, 11) is -3.74. The fraction of sp³-hybridized carbons (Fsp3) is 0.842. The maximum atomic E-state index is 12.8. The van der Waals surface area contributed by atoms with E-state index in [-0.39, 0.29) is 19.3 Å². The van der Waals surface area contributed by atoms with Gasteiger partial charge in [0.15, 0.2) is 0 Å². The summed E-state index contributed by atoms with van der Waals surface area (Å²) in [5, 5.41) is 0. The van der Waals surface area contributed by atoms with Gasteiger partial charge in [-0.2, -0.15) is 0 Å². The van der Waals surface area contributed by atoms with E-state index >= 15 is 0 Å². The van der Waals surface area contributed by atoms with Crippen LogP contribution in [0.3, 0.4) is 0 Å². The van der Waals surface area contributed by atoms with Crippen LogP contribution in [0.25, 0.3) is 0 Å². The third-order valence-corrected chi connectivity index (χ3v) is 5.99. The second kappa shape index (κ2) is 7.31. The van der Waals surface area contributed by atoms with E-state index < -0.39 is 56.3 Å². The Morgan fingerprint density at radius 3 is 2.29 bits per heavy atom. The molecule has 8 nitrogen and oxygen atoms in total. The summed E-state index contributed by atoms with van der Waals surface area (Å²) in [6, 6.07) is 0. The number of rotatable bonds is 3.